The van der Waals surface area contributed by atoms with E-state index in [4.69, 9.17) is 4.74 Å². The van der Waals surface area contributed by atoms with Gasteiger partial charge in [0.2, 0.25) is 0 Å². The summed E-state index contributed by atoms with van der Waals surface area (Å²) in [5.41, 5.74) is 2.26. The molecule has 2 aromatic carbocycles. The Morgan fingerprint density at radius 3 is 2.00 bits per heavy atom. The summed E-state index contributed by atoms with van der Waals surface area (Å²) in [6.45, 7) is 4.09. The number of hydrogen-bond acceptors (Lipinski definition) is 1. The fraction of sp³-hybridized carbons (Fsp3) is 0.176. The maximum Gasteiger partial charge on any atom is 0.127 e. The molecule has 0 aliphatic heterocycles. The third-order valence-corrected chi connectivity index (χ3v) is 2.52. The minimum Gasteiger partial charge on any atom is -0.490 e. The summed E-state index contributed by atoms with van der Waals surface area (Å²) in [5.74, 6) is 0.914. The van der Waals surface area contributed by atoms with Crippen LogP contribution in [0.5, 0.6) is 0 Å². The minimum absolute atomic E-state index is 0.167. The molecule has 0 radical (unpaired) electrons. The maximum absolute atomic E-state index is 5.90. The van der Waals surface area contributed by atoms with Crippen LogP contribution in [0.4, 0.5) is 0 Å². The first-order valence-corrected chi connectivity index (χ1v) is 6.24. The predicted octanol–water partition coefficient (Wildman–Crippen LogP) is 4.61. The molecule has 0 aromatic heterocycles. The van der Waals surface area contributed by atoms with Gasteiger partial charge in [-0.15, -0.1) is 0 Å². The van der Waals surface area contributed by atoms with Crippen LogP contribution in [0, 0.1) is 0 Å². The third kappa shape index (κ3) is 3.49. The van der Waals surface area contributed by atoms with Crippen molar-refractivity contribution < 1.29 is 4.74 Å². The van der Waals surface area contributed by atoms with Crippen LogP contribution in [0.2, 0.25) is 0 Å². The molecule has 0 N–H and O–H groups in total. The quantitative estimate of drug-likeness (QED) is 0.558. The van der Waals surface area contributed by atoms with E-state index in [0.29, 0.717) is 0 Å². The summed E-state index contributed by atoms with van der Waals surface area (Å²) in [6, 6.07) is 20.4. The fourth-order valence-corrected chi connectivity index (χ4v) is 1.74. The zero-order valence-corrected chi connectivity index (χ0v) is 10.8. The largest absolute Gasteiger partial charge is 0.490 e. The van der Waals surface area contributed by atoms with Crippen molar-refractivity contribution in [3.63, 3.8) is 0 Å². The van der Waals surface area contributed by atoms with Gasteiger partial charge in [0.25, 0.3) is 0 Å². The predicted molar refractivity (Wildman–Crippen MR) is 77.0 cm³/mol. The van der Waals surface area contributed by atoms with Gasteiger partial charge in [-0.1, -0.05) is 60.7 Å². The highest BCUT2D eigenvalue weighted by atomic mass is 16.5. The van der Waals surface area contributed by atoms with E-state index in [1.54, 1.807) is 0 Å². The smallest absolute Gasteiger partial charge is 0.127 e. The summed E-state index contributed by atoms with van der Waals surface area (Å²) in [5, 5.41) is 0. The molecule has 0 amide bonds. The van der Waals surface area contributed by atoms with Crippen LogP contribution in [-0.2, 0) is 4.74 Å². The molecule has 0 unspecified atom stereocenters. The zero-order valence-electron chi connectivity index (χ0n) is 10.8. The highest BCUT2D eigenvalue weighted by Crippen LogP contribution is 2.20. The first kappa shape index (κ1) is 12.4. The van der Waals surface area contributed by atoms with Gasteiger partial charge in [0, 0.05) is 5.56 Å². The first-order valence-electron chi connectivity index (χ1n) is 6.24. The van der Waals surface area contributed by atoms with E-state index in [1.165, 1.54) is 0 Å². The van der Waals surface area contributed by atoms with Crippen molar-refractivity contribution in [2.75, 3.05) is 0 Å². The van der Waals surface area contributed by atoms with Gasteiger partial charge >= 0.3 is 0 Å². The Bertz CT molecular complexity index is 498. The van der Waals surface area contributed by atoms with Crippen LogP contribution in [0.15, 0.2) is 60.7 Å². The molecule has 0 saturated carbocycles. The van der Waals surface area contributed by atoms with Crippen molar-refractivity contribution in [1.82, 2.24) is 0 Å². The van der Waals surface area contributed by atoms with E-state index in [-0.39, 0.29) is 6.10 Å². The molecule has 92 valence electrons. The van der Waals surface area contributed by atoms with E-state index in [9.17, 15) is 0 Å². The van der Waals surface area contributed by atoms with Crippen LogP contribution in [0.1, 0.15) is 25.0 Å². The highest BCUT2D eigenvalue weighted by molar-refractivity contribution is 5.77. The van der Waals surface area contributed by atoms with Gasteiger partial charge < -0.3 is 4.74 Å². The van der Waals surface area contributed by atoms with E-state index >= 15 is 0 Å². The standard InChI is InChI=1S/C17H18O/c1-14(2)18-17(16-11-7-4-8-12-16)13-15-9-5-3-6-10-15/h3-14H,1-2H3. The summed E-state index contributed by atoms with van der Waals surface area (Å²) < 4.78 is 5.90. The Morgan fingerprint density at radius 2 is 1.44 bits per heavy atom. The van der Waals surface area contributed by atoms with Crippen LogP contribution >= 0.6 is 0 Å². The van der Waals surface area contributed by atoms with Crippen molar-refractivity contribution in [2.45, 2.75) is 20.0 Å². The second kappa shape index (κ2) is 6.06. The molecular weight excluding hydrogens is 220 g/mol. The van der Waals surface area contributed by atoms with E-state index in [2.05, 4.69) is 30.3 Å². The molecule has 0 spiro atoms. The monoisotopic (exact) mass is 238 g/mol. The molecular formula is C17H18O. The van der Waals surface area contributed by atoms with Gasteiger partial charge in [-0.05, 0) is 25.5 Å². The van der Waals surface area contributed by atoms with Gasteiger partial charge in [-0.2, -0.15) is 0 Å². The molecule has 0 atom stereocenters. The van der Waals surface area contributed by atoms with E-state index in [1.807, 2.05) is 50.2 Å². The van der Waals surface area contributed by atoms with Crippen molar-refractivity contribution in [2.24, 2.45) is 0 Å². The molecule has 1 nitrogen and oxygen atoms in total. The van der Waals surface area contributed by atoms with E-state index < -0.39 is 0 Å². The average molecular weight is 238 g/mol. The minimum atomic E-state index is 0.167. The van der Waals surface area contributed by atoms with Crippen LogP contribution in [-0.4, -0.2) is 6.10 Å². The lowest BCUT2D eigenvalue weighted by Crippen LogP contribution is -2.01. The Balaban J connectivity index is 2.34. The molecule has 2 rings (SSSR count). The molecule has 18 heavy (non-hydrogen) atoms. The molecule has 0 aliphatic carbocycles. The maximum atomic E-state index is 5.90. The topological polar surface area (TPSA) is 9.23 Å². The van der Waals surface area contributed by atoms with Crippen LogP contribution < -0.4 is 0 Å². The summed E-state index contributed by atoms with van der Waals surface area (Å²) in [7, 11) is 0. The van der Waals surface area contributed by atoms with Crippen molar-refractivity contribution in [3.05, 3.63) is 71.8 Å². The number of rotatable bonds is 4. The van der Waals surface area contributed by atoms with Crippen LogP contribution in [0.25, 0.3) is 11.8 Å². The molecule has 0 heterocycles. The lowest BCUT2D eigenvalue weighted by molar-refractivity contribution is 0.206. The Hall–Kier alpha value is -2.02. The lowest BCUT2D eigenvalue weighted by Gasteiger charge is -2.14. The van der Waals surface area contributed by atoms with Gasteiger partial charge in [0.15, 0.2) is 0 Å². The first-order chi connectivity index (χ1) is 8.75. The van der Waals surface area contributed by atoms with Gasteiger partial charge in [-0.25, -0.2) is 0 Å². The van der Waals surface area contributed by atoms with E-state index in [0.717, 1.165) is 16.9 Å². The van der Waals surface area contributed by atoms with Crippen molar-refractivity contribution in [1.29, 1.82) is 0 Å². The molecule has 2 aromatic rings. The third-order valence-electron chi connectivity index (χ3n) is 2.52. The molecule has 0 fully saturated rings. The van der Waals surface area contributed by atoms with Crippen molar-refractivity contribution in [3.8, 4) is 0 Å². The van der Waals surface area contributed by atoms with Crippen molar-refractivity contribution >= 4 is 11.8 Å². The van der Waals surface area contributed by atoms with Crippen LogP contribution in [0.3, 0.4) is 0 Å². The van der Waals surface area contributed by atoms with Gasteiger partial charge in [0.1, 0.15) is 5.76 Å². The Labute approximate surface area is 109 Å². The second-order valence-corrected chi connectivity index (χ2v) is 4.45. The lowest BCUT2D eigenvalue weighted by atomic mass is 10.1. The average Bonchev–Trinajstić information content (AvgIpc) is 2.40. The SMILES string of the molecule is CC(C)OC(=Cc1ccccc1)c1ccccc1. The molecule has 0 aliphatic rings. The highest BCUT2D eigenvalue weighted by Gasteiger charge is 2.04. The fourth-order valence-electron chi connectivity index (χ4n) is 1.74. The summed E-state index contributed by atoms with van der Waals surface area (Å²) in [4.78, 5) is 0. The Morgan fingerprint density at radius 1 is 0.889 bits per heavy atom. The second-order valence-electron chi connectivity index (χ2n) is 4.45. The van der Waals surface area contributed by atoms with Gasteiger partial charge in [0.05, 0.1) is 6.10 Å². The molecule has 1 heteroatoms. The normalized spacial score (nSPS) is 11.6. The van der Waals surface area contributed by atoms with Gasteiger partial charge in [-0.3, -0.25) is 0 Å². The number of benzene rings is 2. The number of hydrogen-bond donors (Lipinski definition) is 0. The zero-order chi connectivity index (χ0) is 12.8. The summed E-state index contributed by atoms with van der Waals surface area (Å²) in [6.07, 6.45) is 2.25. The number of ether oxygens (including phenoxy) is 1. The molecule has 0 bridgehead atoms. The molecule has 0 saturated heterocycles. The summed E-state index contributed by atoms with van der Waals surface area (Å²) >= 11 is 0. The Kier molecular flexibility index (Phi) is 4.19.